The molecule has 1 nitrogen and oxygen atoms in total. The minimum atomic E-state index is 0. The average molecular weight is 474 g/mol. The van der Waals surface area contributed by atoms with Gasteiger partial charge in [0.2, 0.25) is 0 Å². The maximum atomic E-state index is 2.51. The van der Waals surface area contributed by atoms with Gasteiger partial charge in [0, 0.05) is 0 Å². The van der Waals surface area contributed by atoms with Crippen LogP contribution in [0.5, 0.6) is 0 Å². The number of hydrogen-bond donors (Lipinski definition) is 1. The number of rotatable bonds is 26. The molecular formula is C30H64ClN. The van der Waals surface area contributed by atoms with E-state index >= 15 is 0 Å². The van der Waals surface area contributed by atoms with Gasteiger partial charge in [-0.2, -0.15) is 0 Å². The SMILES string of the molecule is CCCCCCCCCCC(CCCCCCCCCC)[NH+](C)CCCCCCCC.[Cl-]. The van der Waals surface area contributed by atoms with Crippen LogP contribution >= 0.6 is 0 Å². The molecule has 0 aromatic rings. The van der Waals surface area contributed by atoms with E-state index in [-0.39, 0.29) is 12.4 Å². The standard InChI is InChI=1S/C30H63N.ClH/c1-5-8-11-14-17-19-21-24-27-30(28-25-22-20-18-15-12-9-6-2)31(4)29-26-23-16-13-10-7-3;/h30H,5-29H2,1-4H3;1H. The van der Waals surface area contributed by atoms with E-state index in [1.807, 2.05) is 4.90 Å². The summed E-state index contributed by atoms with van der Waals surface area (Å²) in [6, 6.07) is 0.927. The van der Waals surface area contributed by atoms with E-state index in [1.165, 1.54) is 161 Å². The summed E-state index contributed by atoms with van der Waals surface area (Å²) in [5.74, 6) is 0. The van der Waals surface area contributed by atoms with Gasteiger partial charge in [0.05, 0.1) is 19.6 Å². The summed E-state index contributed by atoms with van der Waals surface area (Å²) in [5, 5.41) is 0. The molecule has 0 saturated carbocycles. The predicted molar refractivity (Wildman–Crippen MR) is 143 cm³/mol. The fourth-order valence-electron chi connectivity index (χ4n) is 5.07. The van der Waals surface area contributed by atoms with Crippen LogP contribution in [0.3, 0.4) is 0 Å². The lowest BCUT2D eigenvalue weighted by Gasteiger charge is -2.25. The van der Waals surface area contributed by atoms with Gasteiger partial charge in [-0.05, 0) is 38.5 Å². The van der Waals surface area contributed by atoms with Gasteiger partial charge in [0.25, 0.3) is 0 Å². The van der Waals surface area contributed by atoms with Crippen LogP contribution in [-0.4, -0.2) is 19.6 Å². The minimum Gasteiger partial charge on any atom is -1.00 e. The van der Waals surface area contributed by atoms with E-state index in [9.17, 15) is 0 Å². The molecule has 0 radical (unpaired) electrons. The predicted octanol–water partition coefficient (Wildman–Crippen LogP) is 6.30. The van der Waals surface area contributed by atoms with Gasteiger partial charge in [0.15, 0.2) is 0 Å². The summed E-state index contributed by atoms with van der Waals surface area (Å²) in [4.78, 5) is 1.85. The third-order valence-electron chi connectivity index (χ3n) is 7.43. The second-order valence-electron chi connectivity index (χ2n) is 10.6. The lowest BCUT2D eigenvalue weighted by molar-refractivity contribution is -0.907. The van der Waals surface area contributed by atoms with Gasteiger partial charge in [-0.25, -0.2) is 0 Å². The Morgan fingerprint density at radius 1 is 0.406 bits per heavy atom. The van der Waals surface area contributed by atoms with Gasteiger partial charge in [-0.3, -0.25) is 0 Å². The molecule has 0 bridgehead atoms. The molecule has 1 atom stereocenters. The summed E-state index contributed by atoms with van der Waals surface area (Å²) in [6.45, 7) is 8.36. The Balaban J connectivity index is 0. The lowest BCUT2D eigenvalue weighted by atomic mass is 9.98. The number of hydrogen-bond acceptors (Lipinski definition) is 0. The molecule has 0 spiro atoms. The zero-order valence-electron chi connectivity index (χ0n) is 23.1. The molecule has 1 unspecified atom stereocenters. The number of unbranched alkanes of at least 4 members (excludes halogenated alkanes) is 19. The molecule has 0 fully saturated rings. The zero-order valence-corrected chi connectivity index (χ0v) is 23.9. The summed E-state index contributed by atoms with van der Waals surface area (Å²) in [7, 11) is 2.51. The molecule has 0 aliphatic heterocycles. The Morgan fingerprint density at radius 2 is 0.688 bits per heavy atom. The van der Waals surface area contributed by atoms with Crippen LogP contribution in [0.4, 0.5) is 0 Å². The van der Waals surface area contributed by atoms with Crippen molar-refractivity contribution in [1.29, 1.82) is 0 Å². The lowest BCUT2D eigenvalue weighted by Crippen LogP contribution is -3.13. The smallest absolute Gasteiger partial charge is 0.0872 e. The van der Waals surface area contributed by atoms with Gasteiger partial charge >= 0.3 is 0 Å². The Morgan fingerprint density at radius 3 is 1.03 bits per heavy atom. The summed E-state index contributed by atoms with van der Waals surface area (Å²) < 4.78 is 0. The third kappa shape index (κ3) is 24.9. The Labute approximate surface area is 211 Å². The molecule has 0 heterocycles. The van der Waals surface area contributed by atoms with Gasteiger partial charge in [0.1, 0.15) is 0 Å². The van der Waals surface area contributed by atoms with Crippen LogP contribution in [0.2, 0.25) is 0 Å². The van der Waals surface area contributed by atoms with Crippen molar-refractivity contribution in [3.05, 3.63) is 0 Å². The van der Waals surface area contributed by atoms with Crippen molar-refractivity contribution in [2.45, 2.75) is 181 Å². The first-order valence-corrected chi connectivity index (χ1v) is 15.1. The first-order chi connectivity index (χ1) is 15.3. The van der Waals surface area contributed by atoms with E-state index in [1.54, 1.807) is 0 Å². The average Bonchev–Trinajstić information content (AvgIpc) is 2.78. The molecule has 0 aromatic carbocycles. The van der Waals surface area contributed by atoms with Crippen LogP contribution < -0.4 is 17.3 Å². The van der Waals surface area contributed by atoms with Gasteiger partial charge in [-0.1, -0.05) is 136 Å². The Bertz CT molecular complexity index is 300. The molecule has 0 saturated heterocycles. The number of quaternary nitrogens is 1. The largest absolute Gasteiger partial charge is 1.00 e. The monoisotopic (exact) mass is 473 g/mol. The normalized spacial score (nSPS) is 12.3. The van der Waals surface area contributed by atoms with E-state index < -0.39 is 0 Å². The van der Waals surface area contributed by atoms with Crippen molar-refractivity contribution >= 4 is 0 Å². The van der Waals surface area contributed by atoms with Crippen LogP contribution in [0.15, 0.2) is 0 Å². The van der Waals surface area contributed by atoms with Crippen molar-refractivity contribution in [2.24, 2.45) is 0 Å². The molecule has 196 valence electrons. The second-order valence-corrected chi connectivity index (χ2v) is 10.6. The highest BCUT2D eigenvalue weighted by Crippen LogP contribution is 2.14. The van der Waals surface area contributed by atoms with Crippen LogP contribution in [0, 0.1) is 0 Å². The molecule has 1 N–H and O–H groups in total. The Kier molecular flexibility index (Phi) is 31.5. The van der Waals surface area contributed by atoms with Gasteiger partial charge < -0.3 is 17.3 Å². The number of halogens is 1. The molecule has 32 heavy (non-hydrogen) atoms. The van der Waals surface area contributed by atoms with E-state index in [0.717, 1.165) is 6.04 Å². The van der Waals surface area contributed by atoms with Gasteiger partial charge in [-0.15, -0.1) is 0 Å². The van der Waals surface area contributed by atoms with Crippen molar-refractivity contribution in [2.75, 3.05) is 13.6 Å². The third-order valence-corrected chi connectivity index (χ3v) is 7.43. The van der Waals surface area contributed by atoms with Crippen molar-refractivity contribution < 1.29 is 17.3 Å². The molecule has 0 rings (SSSR count). The van der Waals surface area contributed by atoms with Crippen LogP contribution in [-0.2, 0) is 0 Å². The van der Waals surface area contributed by atoms with E-state index in [2.05, 4.69) is 27.8 Å². The highest BCUT2D eigenvalue weighted by Gasteiger charge is 2.17. The van der Waals surface area contributed by atoms with Crippen molar-refractivity contribution in [1.82, 2.24) is 0 Å². The highest BCUT2D eigenvalue weighted by atomic mass is 35.5. The molecule has 0 amide bonds. The van der Waals surface area contributed by atoms with E-state index in [0.29, 0.717) is 0 Å². The van der Waals surface area contributed by atoms with Crippen LogP contribution in [0.1, 0.15) is 175 Å². The first kappa shape index (κ1) is 34.4. The summed E-state index contributed by atoms with van der Waals surface area (Å²) >= 11 is 0. The van der Waals surface area contributed by atoms with Crippen LogP contribution in [0.25, 0.3) is 0 Å². The zero-order chi connectivity index (χ0) is 22.8. The maximum absolute atomic E-state index is 2.51. The fourth-order valence-corrected chi connectivity index (χ4v) is 5.07. The quantitative estimate of drug-likeness (QED) is 0.141. The van der Waals surface area contributed by atoms with Crippen molar-refractivity contribution in [3.8, 4) is 0 Å². The fraction of sp³-hybridized carbons (Fsp3) is 1.00. The highest BCUT2D eigenvalue weighted by molar-refractivity contribution is 4.59. The first-order valence-electron chi connectivity index (χ1n) is 15.1. The molecule has 2 heteroatoms. The minimum absolute atomic E-state index is 0. The number of nitrogens with one attached hydrogen (secondary N) is 1. The maximum Gasteiger partial charge on any atom is 0.0872 e. The molecule has 0 aliphatic carbocycles. The van der Waals surface area contributed by atoms with Crippen molar-refractivity contribution in [3.63, 3.8) is 0 Å². The Hall–Kier alpha value is 0.250. The molecule has 0 aromatic heterocycles. The topological polar surface area (TPSA) is 4.44 Å². The summed E-state index contributed by atoms with van der Waals surface area (Å²) in [5.41, 5.74) is 0. The molecular weight excluding hydrogens is 410 g/mol. The summed E-state index contributed by atoms with van der Waals surface area (Å²) in [6.07, 6.45) is 34.9. The van der Waals surface area contributed by atoms with E-state index in [4.69, 9.17) is 0 Å². The molecule has 0 aliphatic rings. The second kappa shape index (κ2) is 29.3.